The number of halogens is 3. The molecule has 1 aromatic carbocycles. The summed E-state index contributed by atoms with van der Waals surface area (Å²) in [5.74, 6) is -3.80. The lowest BCUT2D eigenvalue weighted by Crippen LogP contribution is -2.29. The van der Waals surface area contributed by atoms with Crippen LogP contribution in [0.3, 0.4) is 0 Å². The maximum absolute atomic E-state index is 15.5. The number of hydrogen-bond acceptors (Lipinski definition) is 6. The summed E-state index contributed by atoms with van der Waals surface area (Å²) in [4.78, 5) is 22.8. The number of pyridine rings is 1. The summed E-state index contributed by atoms with van der Waals surface area (Å²) in [6, 6.07) is 7.16. The number of allylic oxidation sites excluding steroid dienone is 1. The van der Waals surface area contributed by atoms with E-state index in [1.165, 1.54) is 12.1 Å². The predicted octanol–water partition coefficient (Wildman–Crippen LogP) is 6.21. The Balaban J connectivity index is 1.65. The second kappa shape index (κ2) is 11.0. The molecule has 10 heteroatoms. The van der Waals surface area contributed by atoms with E-state index in [0.717, 1.165) is 31.7 Å². The summed E-state index contributed by atoms with van der Waals surface area (Å²) in [5, 5.41) is 13.6. The Morgan fingerprint density at radius 1 is 1.15 bits per heavy atom. The van der Waals surface area contributed by atoms with Crippen LogP contribution in [0, 0.1) is 24.1 Å². The summed E-state index contributed by atoms with van der Waals surface area (Å²) < 4.78 is 52.3. The number of ether oxygens (including phenoxy) is 1. The number of anilines is 1. The molecule has 2 aromatic heterocycles. The number of nitriles is 1. The molecule has 6 bridgehead atoms. The normalized spacial score (nSPS) is 21.8. The second-order valence-corrected chi connectivity index (χ2v) is 10.7. The van der Waals surface area contributed by atoms with E-state index in [1.54, 1.807) is 30.6 Å². The minimum Gasteiger partial charge on any atom is -0.371 e. The fourth-order valence-corrected chi connectivity index (χ4v) is 5.26. The summed E-state index contributed by atoms with van der Waals surface area (Å²) in [6.45, 7) is 2.85. The topological polar surface area (TPSA) is 92.8 Å². The molecule has 1 saturated carbocycles. The predicted molar refractivity (Wildman–Crippen MR) is 146 cm³/mol. The molecule has 210 valence electrons. The molecule has 3 aromatic rings. The Labute approximate surface area is 230 Å². The van der Waals surface area contributed by atoms with E-state index < -0.39 is 35.4 Å². The maximum atomic E-state index is 15.5. The SMILES string of the molecule is Cc1nc2c3cc(C4(C#N)CC4)c(=O)n(c3n1)CCCCC/C=C\COCC(F)(F)c1cccc(c1F)[C@@H](C)N2. The molecule has 0 radical (unpaired) electrons. The molecule has 1 N–H and O–H groups in total. The molecule has 0 unspecified atom stereocenters. The third-order valence-electron chi connectivity index (χ3n) is 7.70. The Kier molecular flexibility index (Phi) is 7.69. The van der Waals surface area contributed by atoms with Crippen LogP contribution in [0.2, 0.25) is 0 Å². The summed E-state index contributed by atoms with van der Waals surface area (Å²) in [5.41, 5.74) is -0.932. The minimum atomic E-state index is -3.52. The van der Waals surface area contributed by atoms with Gasteiger partial charge in [0, 0.05) is 17.7 Å². The van der Waals surface area contributed by atoms with Gasteiger partial charge in [-0.1, -0.05) is 30.7 Å². The molecular weight excluding hydrogens is 519 g/mol. The standard InChI is InChI=1S/C30H32F3N5O2/c1-19-21-10-9-11-23(25(21)31)30(32,33)18-40-15-8-6-4-3-5-7-14-38-27-22(26(35-19)36-20(2)37-27)16-24(28(38)39)29(17-34)12-13-29/h6,8-11,16,19H,3-5,7,12-15,18H2,1-2H3,(H,35,36,37)/b8-6-/t19-/m1/s1. The van der Waals surface area contributed by atoms with Crippen LogP contribution in [0.15, 0.2) is 41.2 Å². The van der Waals surface area contributed by atoms with Gasteiger partial charge in [0.15, 0.2) is 0 Å². The van der Waals surface area contributed by atoms with E-state index in [1.807, 2.05) is 6.08 Å². The summed E-state index contributed by atoms with van der Waals surface area (Å²) in [6.07, 6.45) is 7.89. The van der Waals surface area contributed by atoms with E-state index in [0.29, 0.717) is 47.6 Å². The lowest BCUT2D eigenvalue weighted by Gasteiger charge is -2.22. The van der Waals surface area contributed by atoms with Gasteiger partial charge in [-0.05, 0) is 58.1 Å². The lowest BCUT2D eigenvalue weighted by molar-refractivity contribution is -0.0795. The fraction of sp³-hybridized carbons (Fsp3) is 0.467. The first-order chi connectivity index (χ1) is 19.2. The smallest absolute Gasteiger partial charge is 0.298 e. The number of benzene rings is 1. The van der Waals surface area contributed by atoms with Gasteiger partial charge in [-0.3, -0.25) is 9.36 Å². The van der Waals surface area contributed by atoms with Gasteiger partial charge in [-0.25, -0.2) is 14.4 Å². The molecule has 5 rings (SSSR count). The molecule has 1 aliphatic heterocycles. The first-order valence-electron chi connectivity index (χ1n) is 13.7. The van der Waals surface area contributed by atoms with E-state index >= 15 is 4.39 Å². The zero-order valence-electron chi connectivity index (χ0n) is 22.6. The van der Waals surface area contributed by atoms with Crippen molar-refractivity contribution in [3.63, 3.8) is 0 Å². The van der Waals surface area contributed by atoms with Crippen molar-refractivity contribution < 1.29 is 17.9 Å². The van der Waals surface area contributed by atoms with Crippen LogP contribution in [0.25, 0.3) is 11.0 Å². The van der Waals surface area contributed by atoms with Crippen molar-refractivity contribution in [3.05, 3.63) is 75.1 Å². The average Bonchev–Trinajstić information content (AvgIpc) is 3.71. The van der Waals surface area contributed by atoms with Crippen LogP contribution >= 0.6 is 0 Å². The number of fused-ring (bicyclic) bond motifs is 2. The van der Waals surface area contributed by atoms with Crippen molar-refractivity contribution in [3.8, 4) is 6.07 Å². The van der Waals surface area contributed by atoms with E-state index in [-0.39, 0.29) is 17.7 Å². The number of aromatic nitrogens is 3. The molecular formula is C30H32F3N5O2. The number of alkyl halides is 2. The van der Waals surface area contributed by atoms with Crippen LogP contribution in [-0.2, 0) is 22.6 Å². The molecule has 1 fully saturated rings. The number of nitrogens with one attached hydrogen (secondary N) is 1. The van der Waals surface area contributed by atoms with Crippen LogP contribution in [0.5, 0.6) is 0 Å². The van der Waals surface area contributed by atoms with Gasteiger partial charge in [0.25, 0.3) is 11.5 Å². The third kappa shape index (κ3) is 5.35. The van der Waals surface area contributed by atoms with E-state index in [4.69, 9.17) is 4.74 Å². The molecule has 3 heterocycles. The highest BCUT2D eigenvalue weighted by molar-refractivity contribution is 5.88. The highest BCUT2D eigenvalue weighted by Crippen LogP contribution is 2.47. The molecule has 2 aliphatic rings. The summed E-state index contributed by atoms with van der Waals surface area (Å²) in [7, 11) is 0. The lowest BCUT2D eigenvalue weighted by atomic mass is 9.97. The van der Waals surface area contributed by atoms with Crippen molar-refractivity contribution >= 4 is 16.9 Å². The third-order valence-corrected chi connectivity index (χ3v) is 7.70. The van der Waals surface area contributed by atoms with Crippen molar-refractivity contribution in [1.82, 2.24) is 14.5 Å². The van der Waals surface area contributed by atoms with Gasteiger partial charge in [-0.2, -0.15) is 14.0 Å². The molecule has 0 saturated heterocycles. The first-order valence-corrected chi connectivity index (χ1v) is 13.7. The molecule has 1 aliphatic carbocycles. The van der Waals surface area contributed by atoms with Gasteiger partial charge in [-0.15, -0.1) is 0 Å². The molecule has 1 atom stereocenters. The zero-order valence-corrected chi connectivity index (χ0v) is 22.6. The van der Waals surface area contributed by atoms with Crippen LogP contribution in [-0.4, -0.2) is 27.7 Å². The number of rotatable bonds is 1. The molecule has 7 nitrogen and oxygen atoms in total. The zero-order chi connectivity index (χ0) is 28.5. The largest absolute Gasteiger partial charge is 0.371 e. The average molecular weight is 552 g/mol. The highest BCUT2D eigenvalue weighted by atomic mass is 19.3. The Bertz CT molecular complexity index is 1560. The summed E-state index contributed by atoms with van der Waals surface area (Å²) >= 11 is 0. The van der Waals surface area contributed by atoms with Gasteiger partial charge in [0.2, 0.25) is 0 Å². The van der Waals surface area contributed by atoms with Crippen LogP contribution in [0.1, 0.15) is 74.0 Å². The molecule has 0 amide bonds. The van der Waals surface area contributed by atoms with Gasteiger partial charge >= 0.3 is 0 Å². The van der Waals surface area contributed by atoms with Gasteiger partial charge in [0.05, 0.1) is 35.1 Å². The monoisotopic (exact) mass is 551 g/mol. The van der Waals surface area contributed by atoms with Gasteiger partial charge in [0.1, 0.15) is 29.7 Å². The van der Waals surface area contributed by atoms with E-state index in [2.05, 4.69) is 21.4 Å². The molecule has 0 spiro atoms. The Hall–Kier alpha value is -3.71. The van der Waals surface area contributed by atoms with Crippen molar-refractivity contribution in [2.75, 3.05) is 18.5 Å². The second-order valence-electron chi connectivity index (χ2n) is 10.7. The molecule has 40 heavy (non-hydrogen) atoms. The Morgan fingerprint density at radius 2 is 1.95 bits per heavy atom. The van der Waals surface area contributed by atoms with Gasteiger partial charge < -0.3 is 10.1 Å². The van der Waals surface area contributed by atoms with Crippen LogP contribution < -0.4 is 10.9 Å². The quantitative estimate of drug-likeness (QED) is 0.362. The maximum Gasteiger partial charge on any atom is 0.298 e. The van der Waals surface area contributed by atoms with Crippen molar-refractivity contribution in [2.24, 2.45) is 0 Å². The van der Waals surface area contributed by atoms with Crippen LogP contribution in [0.4, 0.5) is 19.0 Å². The number of aryl methyl sites for hydroxylation is 2. The highest BCUT2D eigenvalue weighted by Gasteiger charge is 2.47. The van der Waals surface area contributed by atoms with Crippen molar-refractivity contribution in [1.29, 1.82) is 5.26 Å². The number of nitrogens with zero attached hydrogens (tertiary/aromatic N) is 4. The number of hydrogen-bond donors (Lipinski definition) is 1. The van der Waals surface area contributed by atoms with Crippen molar-refractivity contribution in [2.45, 2.75) is 76.3 Å². The fourth-order valence-electron chi connectivity index (χ4n) is 5.26. The first kappa shape index (κ1) is 27.8. The Morgan fingerprint density at radius 3 is 2.70 bits per heavy atom. The minimum absolute atomic E-state index is 0.000995. The van der Waals surface area contributed by atoms with E-state index in [9.17, 15) is 18.8 Å².